The molecule has 1 unspecified atom stereocenters. The second-order valence-electron chi connectivity index (χ2n) is 9.08. The van der Waals surface area contributed by atoms with Crippen LogP contribution in [0.3, 0.4) is 0 Å². The molecule has 0 spiro atoms. The van der Waals surface area contributed by atoms with Gasteiger partial charge in [-0.25, -0.2) is 9.78 Å². The minimum absolute atomic E-state index is 0.109. The minimum atomic E-state index is -0.838. The van der Waals surface area contributed by atoms with Gasteiger partial charge in [0.25, 0.3) is 0 Å². The molecule has 0 aliphatic heterocycles. The summed E-state index contributed by atoms with van der Waals surface area (Å²) in [6.45, 7) is 19.1. The molecule has 1 atom stereocenters. The van der Waals surface area contributed by atoms with Gasteiger partial charge in [-0.1, -0.05) is 34.6 Å². The lowest BCUT2D eigenvalue weighted by Crippen LogP contribution is -2.49. The van der Waals surface area contributed by atoms with Gasteiger partial charge in [0, 0.05) is 12.8 Å². The maximum atomic E-state index is 5.90. The first-order chi connectivity index (χ1) is 10.4. The smallest absolute Gasteiger partial charge is 0.228 e. The average molecular weight is 331 g/mol. The summed E-state index contributed by atoms with van der Waals surface area (Å²) in [6.07, 6.45) is 4.28. The van der Waals surface area contributed by atoms with Crippen LogP contribution in [0, 0.1) is 11.3 Å². The standard InChI is InChI=1S/C19H38O4/c1-10-17(6,7)20-22-19(23-21-18(8,9)11-2)13-12-15(3)16(4,5)14-19/h15H,10-14H2,1-9H3. The van der Waals surface area contributed by atoms with Gasteiger partial charge in [-0.05, 0) is 58.3 Å². The van der Waals surface area contributed by atoms with E-state index in [4.69, 9.17) is 19.6 Å². The molecule has 1 aliphatic rings. The van der Waals surface area contributed by atoms with Crippen LogP contribution >= 0.6 is 0 Å². The van der Waals surface area contributed by atoms with E-state index >= 15 is 0 Å². The molecule has 4 heteroatoms. The first-order valence-corrected chi connectivity index (χ1v) is 9.11. The van der Waals surface area contributed by atoms with Gasteiger partial charge >= 0.3 is 0 Å². The summed E-state index contributed by atoms with van der Waals surface area (Å²) in [5.41, 5.74) is -0.578. The molecule has 0 aromatic rings. The summed E-state index contributed by atoms with van der Waals surface area (Å²) in [7, 11) is 0. The molecule has 138 valence electrons. The van der Waals surface area contributed by atoms with Crippen molar-refractivity contribution in [3.05, 3.63) is 0 Å². The Hall–Kier alpha value is -0.160. The molecule has 1 aliphatic carbocycles. The monoisotopic (exact) mass is 330 g/mol. The number of hydrogen-bond donors (Lipinski definition) is 0. The van der Waals surface area contributed by atoms with Crippen molar-refractivity contribution in [1.29, 1.82) is 0 Å². The van der Waals surface area contributed by atoms with Gasteiger partial charge in [0.15, 0.2) is 0 Å². The minimum Gasteiger partial charge on any atom is -0.228 e. The fraction of sp³-hybridized carbons (Fsp3) is 1.00. The Morgan fingerprint density at radius 2 is 1.35 bits per heavy atom. The van der Waals surface area contributed by atoms with E-state index in [-0.39, 0.29) is 16.6 Å². The van der Waals surface area contributed by atoms with Crippen molar-refractivity contribution in [3.63, 3.8) is 0 Å². The van der Waals surface area contributed by atoms with Crippen LogP contribution in [0.4, 0.5) is 0 Å². The molecule has 0 bridgehead atoms. The molecular weight excluding hydrogens is 292 g/mol. The Kier molecular flexibility index (Phi) is 6.70. The molecule has 1 fully saturated rings. The number of hydrogen-bond acceptors (Lipinski definition) is 4. The predicted octanol–water partition coefficient (Wildman–Crippen LogP) is 5.80. The van der Waals surface area contributed by atoms with Crippen molar-refractivity contribution in [3.8, 4) is 0 Å². The van der Waals surface area contributed by atoms with Crippen LogP contribution in [0.15, 0.2) is 0 Å². The van der Waals surface area contributed by atoms with E-state index in [0.29, 0.717) is 5.92 Å². The van der Waals surface area contributed by atoms with E-state index in [0.717, 1.165) is 32.1 Å². The zero-order valence-electron chi connectivity index (χ0n) is 16.7. The fourth-order valence-corrected chi connectivity index (χ4v) is 2.44. The molecule has 0 aromatic heterocycles. The first kappa shape index (κ1) is 20.9. The van der Waals surface area contributed by atoms with Gasteiger partial charge in [0.1, 0.15) is 0 Å². The van der Waals surface area contributed by atoms with Crippen LogP contribution in [-0.4, -0.2) is 17.0 Å². The molecule has 23 heavy (non-hydrogen) atoms. The lowest BCUT2D eigenvalue weighted by Gasteiger charge is -2.47. The highest BCUT2D eigenvalue weighted by Gasteiger charge is 2.49. The third kappa shape index (κ3) is 6.00. The molecule has 0 heterocycles. The summed E-state index contributed by atoms with van der Waals surface area (Å²) >= 11 is 0. The quantitative estimate of drug-likeness (QED) is 0.320. The van der Waals surface area contributed by atoms with Gasteiger partial charge < -0.3 is 0 Å². The molecule has 0 amide bonds. The normalized spacial score (nSPS) is 24.7. The fourth-order valence-electron chi connectivity index (χ4n) is 2.44. The molecular formula is C19H38O4. The molecule has 1 saturated carbocycles. The Labute approximate surface area is 143 Å². The largest absolute Gasteiger partial charge is 0.234 e. The maximum absolute atomic E-state index is 5.90. The van der Waals surface area contributed by atoms with Crippen molar-refractivity contribution in [2.45, 2.75) is 111 Å². The third-order valence-electron chi connectivity index (χ3n) is 5.56. The molecule has 0 aromatic carbocycles. The van der Waals surface area contributed by atoms with Gasteiger partial charge in [-0.15, -0.1) is 0 Å². The maximum Gasteiger partial charge on any atom is 0.234 e. The zero-order chi connectivity index (χ0) is 17.9. The second-order valence-corrected chi connectivity index (χ2v) is 9.08. The summed E-state index contributed by atoms with van der Waals surface area (Å²) in [4.78, 5) is 23.3. The van der Waals surface area contributed by atoms with Crippen LogP contribution in [0.2, 0.25) is 0 Å². The van der Waals surface area contributed by atoms with Crippen LogP contribution in [0.25, 0.3) is 0 Å². The summed E-state index contributed by atoms with van der Waals surface area (Å²) in [5, 5.41) is 0. The highest BCUT2D eigenvalue weighted by molar-refractivity contribution is 4.89. The summed E-state index contributed by atoms with van der Waals surface area (Å²) in [6, 6.07) is 0. The van der Waals surface area contributed by atoms with E-state index in [1.807, 2.05) is 27.7 Å². The van der Waals surface area contributed by atoms with Gasteiger partial charge in [0.2, 0.25) is 5.79 Å². The van der Waals surface area contributed by atoms with E-state index in [2.05, 4.69) is 34.6 Å². The van der Waals surface area contributed by atoms with E-state index in [9.17, 15) is 0 Å². The van der Waals surface area contributed by atoms with E-state index < -0.39 is 5.79 Å². The Morgan fingerprint density at radius 3 is 1.70 bits per heavy atom. The van der Waals surface area contributed by atoms with E-state index in [1.165, 1.54) is 0 Å². The summed E-state index contributed by atoms with van der Waals surface area (Å²) < 4.78 is 0. The number of rotatable bonds is 8. The van der Waals surface area contributed by atoms with Crippen molar-refractivity contribution in [2.24, 2.45) is 11.3 Å². The van der Waals surface area contributed by atoms with Crippen LogP contribution in [0.5, 0.6) is 0 Å². The Morgan fingerprint density at radius 1 is 0.913 bits per heavy atom. The Balaban J connectivity index is 2.88. The van der Waals surface area contributed by atoms with Crippen LogP contribution in [0.1, 0.15) is 94.4 Å². The highest BCUT2D eigenvalue weighted by atomic mass is 17.3. The van der Waals surface area contributed by atoms with Gasteiger partial charge in [-0.2, -0.15) is 9.78 Å². The van der Waals surface area contributed by atoms with Gasteiger partial charge in [-0.3, -0.25) is 0 Å². The average Bonchev–Trinajstić information content (AvgIpc) is 2.47. The lowest BCUT2D eigenvalue weighted by atomic mass is 9.67. The van der Waals surface area contributed by atoms with Crippen molar-refractivity contribution < 1.29 is 19.6 Å². The predicted molar refractivity (Wildman–Crippen MR) is 92.6 cm³/mol. The highest BCUT2D eigenvalue weighted by Crippen LogP contribution is 2.48. The van der Waals surface area contributed by atoms with Crippen molar-refractivity contribution >= 4 is 0 Å². The van der Waals surface area contributed by atoms with Crippen molar-refractivity contribution in [2.75, 3.05) is 0 Å². The van der Waals surface area contributed by atoms with Crippen LogP contribution in [-0.2, 0) is 19.6 Å². The third-order valence-corrected chi connectivity index (χ3v) is 5.56. The van der Waals surface area contributed by atoms with E-state index in [1.54, 1.807) is 0 Å². The van der Waals surface area contributed by atoms with Gasteiger partial charge in [0.05, 0.1) is 11.2 Å². The lowest BCUT2D eigenvalue weighted by molar-refractivity contribution is -0.552. The van der Waals surface area contributed by atoms with Crippen molar-refractivity contribution in [1.82, 2.24) is 0 Å². The zero-order valence-corrected chi connectivity index (χ0v) is 16.7. The summed E-state index contributed by atoms with van der Waals surface area (Å²) in [5.74, 6) is -0.226. The van der Waals surface area contributed by atoms with Crippen LogP contribution < -0.4 is 0 Å². The first-order valence-electron chi connectivity index (χ1n) is 9.11. The Bertz CT molecular complexity index is 354. The molecule has 0 radical (unpaired) electrons. The SMILES string of the molecule is CCC(C)(C)OOC1(OOC(C)(C)CC)CCC(C)C(C)(C)C1. The molecule has 1 rings (SSSR count). The second kappa shape index (κ2) is 7.38. The molecule has 0 N–H and O–H groups in total. The molecule has 4 nitrogen and oxygen atoms in total. The topological polar surface area (TPSA) is 36.9 Å². The molecule has 0 saturated heterocycles.